The van der Waals surface area contributed by atoms with Crippen LogP contribution >= 0.6 is 0 Å². The minimum absolute atomic E-state index is 0.0256. The standard InChI is InChI=1S/C17H19N3/c1-2-13-6-8-14(9-7-13)11-16(18)15-12-19-20-10-4-3-5-17(15)20/h3-10,12,16H,2,11,18H2,1H3. The van der Waals surface area contributed by atoms with Crippen molar-refractivity contribution in [2.75, 3.05) is 0 Å². The van der Waals surface area contributed by atoms with E-state index in [1.807, 2.05) is 29.0 Å². The zero-order valence-electron chi connectivity index (χ0n) is 11.7. The zero-order chi connectivity index (χ0) is 13.9. The van der Waals surface area contributed by atoms with Crippen LogP contribution in [0, 0.1) is 0 Å². The van der Waals surface area contributed by atoms with E-state index in [4.69, 9.17) is 5.73 Å². The van der Waals surface area contributed by atoms with E-state index in [9.17, 15) is 0 Å². The molecule has 0 aliphatic carbocycles. The van der Waals surface area contributed by atoms with Crippen molar-refractivity contribution in [3.63, 3.8) is 0 Å². The molecular formula is C17H19N3. The number of nitrogens with zero attached hydrogens (tertiary/aromatic N) is 2. The van der Waals surface area contributed by atoms with Crippen LogP contribution < -0.4 is 5.73 Å². The Hall–Kier alpha value is -2.13. The van der Waals surface area contributed by atoms with Crippen LogP contribution in [0.3, 0.4) is 0 Å². The third kappa shape index (κ3) is 2.45. The predicted octanol–water partition coefficient (Wildman–Crippen LogP) is 3.14. The first-order valence-electron chi connectivity index (χ1n) is 7.03. The first-order valence-corrected chi connectivity index (χ1v) is 7.03. The van der Waals surface area contributed by atoms with Crippen molar-refractivity contribution >= 4 is 5.52 Å². The molecule has 0 fully saturated rings. The van der Waals surface area contributed by atoms with Gasteiger partial charge in [-0.15, -0.1) is 0 Å². The van der Waals surface area contributed by atoms with Crippen molar-refractivity contribution in [2.24, 2.45) is 5.73 Å². The Morgan fingerprint density at radius 3 is 2.60 bits per heavy atom. The van der Waals surface area contributed by atoms with Crippen molar-refractivity contribution in [2.45, 2.75) is 25.8 Å². The van der Waals surface area contributed by atoms with E-state index in [0.29, 0.717) is 0 Å². The van der Waals surface area contributed by atoms with Crippen LogP contribution in [0.4, 0.5) is 0 Å². The second-order valence-electron chi connectivity index (χ2n) is 5.11. The number of benzene rings is 1. The van der Waals surface area contributed by atoms with Crippen molar-refractivity contribution in [3.05, 3.63) is 71.5 Å². The molecule has 0 saturated heterocycles. The molecule has 2 heterocycles. The Kier molecular flexibility index (Phi) is 3.52. The van der Waals surface area contributed by atoms with Gasteiger partial charge in [-0.1, -0.05) is 37.3 Å². The summed E-state index contributed by atoms with van der Waals surface area (Å²) >= 11 is 0. The summed E-state index contributed by atoms with van der Waals surface area (Å²) in [7, 11) is 0. The summed E-state index contributed by atoms with van der Waals surface area (Å²) < 4.78 is 1.87. The van der Waals surface area contributed by atoms with Gasteiger partial charge < -0.3 is 5.73 Å². The summed E-state index contributed by atoms with van der Waals surface area (Å²) in [5.74, 6) is 0. The molecule has 3 rings (SSSR count). The average Bonchev–Trinajstić information content (AvgIpc) is 2.92. The lowest BCUT2D eigenvalue weighted by molar-refractivity contribution is 0.727. The summed E-state index contributed by atoms with van der Waals surface area (Å²) in [5, 5.41) is 4.35. The number of fused-ring (bicyclic) bond motifs is 1. The maximum absolute atomic E-state index is 6.35. The van der Waals surface area contributed by atoms with Gasteiger partial charge in [0, 0.05) is 17.8 Å². The van der Waals surface area contributed by atoms with Gasteiger partial charge in [0.05, 0.1) is 11.7 Å². The van der Waals surface area contributed by atoms with Crippen molar-refractivity contribution in [1.29, 1.82) is 0 Å². The quantitative estimate of drug-likeness (QED) is 0.787. The normalized spacial score (nSPS) is 12.7. The largest absolute Gasteiger partial charge is 0.324 e. The predicted molar refractivity (Wildman–Crippen MR) is 81.6 cm³/mol. The summed E-state index contributed by atoms with van der Waals surface area (Å²) in [6, 6.07) is 14.7. The van der Waals surface area contributed by atoms with Gasteiger partial charge in [0.25, 0.3) is 0 Å². The highest BCUT2D eigenvalue weighted by Crippen LogP contribution is 2.21. The van der Waals surface area contributed by atoms with Gasteiger partial charge in [0.1, 0.15) is 0 Å². The third-order valence-corrected chi connectivity index (χ3v) is 3.74. The highest BCUT2D eigenvalue weighted by molar-refractivity contribution is 5.55. The topological polar surface area (TPSA) is 43.3 Å². The monoisotopic (exact) mass is 265 g/mol. The van der Waals surface area contributed by atoms with Gasteiger partial charge in [-0.2, -0.15) is 5.10 Å². The second-order valence-corrected chi connectivity index (χ2v) is 5.11. The summed E-state index contributed by atoms with van der Waals surface area (Å²) in [4.78, 5) is 0. The lowest BCUT2D eigenvalue weighted by atomic mass is 9.99. The Morgan fingerprint density at radius 1 is 1.10 bits per heavy atom. The van der Waals surface area contributed by atoms with Crippen LogP contribution in [0.5, 0.6) is 0 Å². The minimum atomic E-state index is -0.0256. The molecule has 1 atom stereocenters. The van der Waals surface area contributed by atoms with E-state index >= 15 is 0 Å². The lowest BCUT2D eigenvalue weighted by Crippen LogP contribution is -2.13. The minimum Gasteiger partial charge on any atom is -0.324 e. The van der Waals surface area contributed by atoms with E-state index < -0.39 is 0 Å². The molecule has 0 aliphatic heterocycles. The zero-order valence-corrected chi connectivity index (χ0v) is 11.7. The van der Waals surface area contributed by atoms with Gasteiger partial charge in [-0.25, -0.2) is 4.52 Å². The van der Waals surface area contributed by atoms with Gasteiger partial charge in [0.2, 0.25) is 0 Å². The number of aryl methyl sites for hydroxylation is 1. The van der Waals surface area contributed by atoms with E-state index in [0.717, 1.165) is 23.9 Å². The molecule has 0 saturated carbocycles. The molecule has 0 bridgehead atoms. The Bertz CT molecular complexity index is 698. The smallest absolute Gasteiger partial charge is 0.0709 e. The maximum atomic E-state index is 6.35. The van der Waals surface area contributed by atoms with Crippen LogP contribution in [-0.4, -0.2) is 9.61 Å². The molecular weight excluding hydrogens is 246 g/mol. The number of aromatic nitrogens is 2. The lowest BCUT2D eigenvalue weighted by Gasteiger charge is -2.11. The first-order chi connectivity index (χ1) is 9.78. The van der Waals surface area contributed by atoms with Crippen LogP contribution in [0.15, 0.2) is 54.9 Å². The third-order valence-electron chi connectivity index (χ3n) is 3.74. The fourth-order valence-electron chi connectivity index (χ4n) is 2.51. The SMILES string of the molecule is CCc1ccc(CC(N)c2cnn3ccccc23)cc1. The summed E-state index contributed by atoms with van der Waals surface area (Å²) in [5.41, 5.74) is 11.2. The van der Waals surface area contributed by atoms with Crippen LogP contribution in [-0.2, 0) is 12.8 Å². The molecule has 2 N–H and O–H groups in total. The fraction of sp³-hybridized carbons (Fsp3) is 0.235. The van der Waals surface area contributed by atoms with Crippen molar-refractivity contribution < 1.29 is 0 Å². The van der Waals surface area contributed by atoms with Crippen LogP contribution in [0.2, 0.25) is 0 Å². The molecule has 20 heavy (non-hydrogen) atoms. The van der Waals surface area contributed by atoms with Crippen LogP contribution in [0.1, 0.15) is 29.7 Å². The van der Waals surface area contributed by atoms with Crippen molar-refractivity contribution in [1.82, 2.24) is 9.61 Å². The molecule has 3 nitrogen and oxygen atoms in total. The maximum Gasteiger partial charge on any atom is 0.0709 e. The molecule has 1 unspecified atom stereocenters. The molecule has 3 aromatic rings. The Labute approximate surface area is 119 Å². The van der Waals surface area contributed by atoms with Crippen molar-refractivity contribution in [3.8, 4) is 0 Å². The number of nitrogens with two attached hydrogens (primary N) is 1. The Morgan fingerprint density at radius 2 is 1.85 bits per heavy atom. The van der Waals surface area contributed by atoms with E-state index in [2.05, 4.69) is 42.4 Å². The van der Waals surface area contributed by atoms with Gasteiger partial charge in [-0.3, -0.25) is 0 Å². The van der Waals surface area contributed by atoms with E-state index in [-0.39, 0.29) is 6.04 Å². The molecule has 0 aliphatic rings. The summed E-state index contributed by atoms with van der Waals surface area (Å²) in [6.45, 7) is 2.17. The van der Waals surface area contributed by atoms with Gasteiger partial charge >= 0.3 is 0 Å². The second kappa shape index (κ2) is 5.47. The summed E-state index contributed by atoms with van der Waals surface area (Å²) in [6.07, 6.45) is 5.72. The fourth-order valence-corrected chi connectivity index (χ4v) is 2.51. The van der Waals surface area contributed by atoms with Crippen LogP contribution in [0.25, 0.3) is 5.52 Å². The van der Waals surface area contributed by atoms with Gasteiger partial charge in [-0.05, 0) is 36.1 Å². The molecule has 0 spiro atoms. The first kappa shape index (κ1) is 12.9. The van der Waals surface area contributed by atoms with E-state index in [1.165, 1.54) is 11.1 Å². The number of hydrogen-bond donors (Lipinski definition) is 1. The van der Waals surface area contributed by atoms with E-state index in [1.54, 1.807) is 0 Å². The molecule has 0 radical (unpaired) electrons. The molecule has 0 amide bonds. The number of rotatable bonds is 4. The number of hydrogen-bond acceptors (Lipinski definition) is 2. The number of pyridine rings is 1. The molecule has 1 aromatic carbocycles. The van der Waals surface area contributed by atoms with Gasteiger partial charge in [0.15, 0.2) is 0 Å². The average molecular weight is 265 g/mol. The molecule has 102 valence electrons. The molecule has 2 aromatic heterocycles. The highest BCUT2D eigenvalue weighted by Gasteiger charge is 2.12. The highest BCUT2D eigenvalue weighted by atomic mass is 15.2. The molecule has 3 heteroatoms. The Balaban J connectivity index is 1.83.